The number of halogens is 1. The summed E-state index contributed by atoms with van der Waals surface area (Å²) in [7, 11) is 0. The number of nitrogens with zero attached hydrogens (tertiary/aromatic N) is 2. The second-order valence-electron chi connectivity index (χ2n) is 2.24. The minimum absolute atomic E-state index is 0.0357. The first-order valence-electron chi connectivity index (χ1n) is 3.07. The molecule has 0 aliphatic rings. The molecule has 0 aromatic carbocycles. The van der Waals surface area contributed by atoms with Gasteiger partial charge in [0, 0.05) is 0 Å². The van der Waals surface area contributed by atoms with E-state index >= 15 is 0 Å². The first-order valence-corrected chi connectivity index (χ1v) is 6.30. The van der Waals surface area contributed by atoms with Crippen molar-refractivity contribution < 1.29 is 25.6 Å². The van der Waals surface area contributed by atoms with Crippen molar-refractivity contribution >= 4 is 0 Å². The molecule has 0 radical (unpaired) electrons. The van der Waals surface area contributed by atoms with Crippen molar-refractivity contribution in [2.45, 2.75) is 19.8 Å². The van der Waals surface area contributed by atoms with Crippen LogP contribution in [-0.4, -0.2) is 15.1 Å². The molecule has 0 unspecified atom stereocenters. The Bertz CT molecular complexity index is 209. The molecule has 0 aliphatic heterocycles. The van der Waals surface area contributed by atoms with Gasteiger partial charge in [-0.25, -0.2) is 0 Å². The summed E-state index contributed by atoms with van der Waals surface area (Å²) in [6, 6.07) is 0. The predicted molar refractivity (Wildman–Crippen MR) is 33.0 cm³/mol. The van der Waals surface area contributed by atoms with E-state index in [4.69, 9.17) is 4.42 Å². The quantitative estimate of drug-likeness (QED) is 0.455. The van der Waals surface area contributed by atoms with Crippen molar-refractivity contribution in [3.05, 3.63) is 9.79 Å². The van der Waals surface area contributed by atoms with Gasteiger partial charge in [0.2, 0.25) is 0 Å². The van der Waals surface area contributed by atoms with Crippen molar-refractivity contribution in [2.75, 3.05) is 4.93 Å². The molecule has 0 amide bonds. The molecule has 4 heteroatoms. The van der Waals surface area contributed by atoms with Gasteiger partial charge in [-0.05, 0) is 0 Å². The van der Waals surface area contributed by atoms with Crippen LogP contribution in [0.4, 0.5) is 0 Å². The second kappa shape index (κ2) is 3.32. The van der Waals surface area contributed by atoms with E-state index in [1.165, 1.54) is 0 Å². The van der Waals surface area contributed by atoms with Crippen LogP contribution < -0.4 is 21.2 Å². The molecular formula is C6H10IN2O-. The van der Waals surface area contributed by atoms with E-state index in [1.54, 1.807) is 0 Å². The zero-order valence-corrected chi connectivity index (χ0v) is 8.42. The molecule has 0 atom stereocenters. The van der Waals surface area contributed by atoms with E-state index in [0.717, 1.165) is 9.79 Å². The fourth-order valence-electron chi connectivity index (χ4n) is 0.525. The average Bonchev–Trinajstić information content (AvgIpc) is 2.34. The molecule has 1 aromatic rings. The summed E-state index contributed by atoms with van der Waals surface area (Å²) in [5, 5.41) is 7.79. The first-order chi connectivity index (χ1) is 4.74. The molecule has 0 saturated carbocycles. The Hall–Kier alpha value is -0.130. The van der Waals surface area contributed by atoms with Gasteiger partial charge in [0.1, 0.15) is 0 Å². The van der Waals surface area contributed by atoms with Crippen LogP contribution in [0.15, 0.2) is 4.42 Å². The van der Waals surface area contributed by atoms with E-state index in [1.807, 2.05) is 13.8 Å². The summed E-state index contributed by atoms with van der Waals surface area (Å²) in [6.45, 7) is 4.09. The molecule has 1 heterocycles. The van der Waals surface area contributed by atoms with Gasteiger partial charge in [0.25, 0.3) is 0 Å². The van der Waals surface area contributed by atoms with Crippen molar-refractivity contribution in [2.24, 2.45) is 0 Å². The third kappa shape index (κ3) is 1.68. The van der Waals surface area contributed by atoms with Crippen LogP contribution in [0.1, 0.15) is 25.7 Å². The third-order valence-electron chi connectivity index (χ3n) is 1.07. The maximum atomic E-state index is 5.32. The predicted octanol–water partition coefficient (Wildman–Crippen LogP) is -1.92. The summed E-state index contributed by atoms with van der Waals surface area (Å²) in [5.74, 6) is 1.12. The van der Waals surface area contributed by atoms with Crippen LogP contribution in [-0.2, 0) is 0 Å². The molecule has 3 nitrogen and oxygen atoms in total. The molecule has 1 rings (SSSR count). The van der Waals surface area contributed by atoms with E-state index in [2.05, 4.69) is 15.1 Å². The Kier molecular flexibility index (Phi) is 2.64. The van der Waals surface area contributed by atoms with E-state index < -0.39 is 0 Å². The van der Waals surface area contributed by atoms with Crippen LogP contribution in [0.3, 0.4) is 0 Å². The number of rotatable bonds is 2. The maximum absolute atomic E-state index is 5.32. The van der Waals surface area contributed by atoms with Crippen LogP contribution in [0.5, 0.6) is 0 Å². The molecule has 0 bridgehead atoms. The number of alkyl halides is 1. The van der Waals surface area contributed by atoms with Crippen molar-refractivity contribution in [3.8, 4) is 0 Å². The monoisotopic (exact) mass is 253 g/mol. The molecule has 0 aliphatic carbocycles. The number of aromatic nitrogens is 2. The first kappa shape index (κ1) is 7.97. The fourth-order valence-corrected chi connectivity index (χ4v) is 1.29. The standard InChI is InChI=1S/C6H10IN2O/c1-4(2)5-8-9-6(7-3)10-5/h4H,1-3H3/q-1. The normalized spacial score (nSPS) is 11.2. The van der Waals surface area contributed by atoms with Crippen molar-refractivity contribution in [1.29, 1.82) is 0 Å². The van der Waals surface area contributed by atoms with Gasteiger partial charge in [0.15, 0.2) is 0 Å². The fraction of sp³-hybridized carbons (Fsp3) is 0.667. The zero-order valence-electron chi connectivity index (χ0n) is 6.26. The summed E-state index contributed by atoms with van der Waals surface area (Å²) in [5.41, 5.74) is 0. The summed E-state index contributed by atoms with van der Waals surface area (Å²) >= 11 is -0.0357. The third-order valence-corrected chi connectivity index (χ3v) is 2.43. The van der Waals surface area contributed by atoms with Gasteiger partial charge in [-0.3, -0.25) is 0 Å². The van der Waals surface area contributed by atoms with Gasteiger partial charge in [-0.15, -0.1) is 0 Å². The molecule has 10 heavy (non-hydrogen) atoms. The van der Waals surface area contributed by atoms with E-state index in [0.29, 0.717) is 5.92 Å². The molecule has 58 valence electrons. The van der Waals surface area contributed by atoms with Crippen molar-refractivity contribution in [3.63, 3.8) is 0 Å². The molecule has 0 fully saturated rings. The molecular weight excluding hydrogens is 243 g/mol. The van der Waals surface area contributed by atoms with Gasteiger partial charge in [-0.1, -0.05) is 0 Å². The van der Waals surface area contributed by atoms with Gasteiger partial charge < -0.3 is 0 Å². The van der Waals surface area contributed by atoms with Crippen LogP contribution in [0, 0.1) is 3.90 Å². The van der Waals surface area contributed by atoms with E-state index in [-0.39, 0.29) is 21.2 Å². The minimum atomic E-state index is -0.0357. The Morgan fingerprint density at radius 3 is 2.40 bits per heavy atom. The van der Waals surface area contributed by atoms with Gasteiger partial charge >= 0.3 is 70.3 Å². The number of hydrogen-bond acceptors (Lipinski definition) is 3. The Balaban J connectivity index is 2.78. The Morgan fingerprint density at radius 2 is 2.10 bits per heavy atom. The van der Waals surface area contributed by atoms with Crippen LogP contribution in [0.25, 0.3) is 0 Å². The van der Waals surface area contributed by atoms with Crippen molar-refractivity contribution in [1.82, 2.24) is 10.2 Å². The topological polar surface area (TPSA) is 38.9 Å². The Morgan fingerprint density at radius 1 is 1.40 bits per heavy atom. The molecule has 1 aromatic heterocycles. The molecule has 0 spiro atoms. The average molecular weight is 253 g/mol. The zero-order chi connectivity index (χ0) is 7.56. The SMILES string of the molecule is C[I-]c1nnc(C(C)C)o1. The second-order valence-corrected chi connectivity index (χ2v) is 4.24. The number of hydrogen-bond donors (Lipinski definition) is 0. The van der Waals surface area contributed by atoms with Crippen LogP contribution in [0.2, 0.25) is 0 Å². The molecule has 0 saturated heterocycles. The Labute approximate surface area is 70.5 Å². The summed E-state index contributed by atoms with van der Waals surface area (Å²) < 4.78 is 6.16. The molecule has 0 N–H and O–H groups in total. The summed E-state index contributed by atoms with van der Waals surface area (Å²) in [6.07, 6.45) is 0. The van der Waals surface area contributed by atoms with Gasteiger partial charge in [-0.2, -0.15) is 0 Å². The van der Waals surface area contributed by atoms with Crippen LogP contribution >= 0.6 is 0 Å². The van der Waals surface area contributed by atoms with E-state index in [9.17, 15) is 0 Å². The van der Waals surface area contributed by atoms with Gasteiger partial charge in [0.05, 0.1) is 0 Å². The summed E-state index contributed by atoms with van der Waals surface area (Å²) in [4.78, 5) is 2.11.